The van der Waals surface area contributed by atoms with Gasteiger partial charge in [0.2, 0.25) is 0 Å². The number of likely N-dealkylation sites (tertiary alicyclic amines) is 1. The van der Waals surface area contributed by atoms with Gasteiger partial charge in [0.15, 0.2) is 0 Å². The molecule has 0 amide bonds. The van der Waals surface area contributed by atoms with Gasteiger partial charge in [-0.15, -0.1) is 0 Å². The largest absolute Gasteiger partial charge is 0.361 e. The molecule has 0 saturated carbocycles. The Kier molecular flexibility index (Phi) is 4.16. The number of nitrogens with zero attached hydrogens (tertiary/aromatic N) is 2. The number of hydrogen-bond donors (Lipinski definition) is 0. The van der Waals surface area contributed by atoms with E-state index in [0.717, 1.165) is 24.4 Å². The lowest BCUT2D eigenvalue weighted by Gasteiger charge is -2.34. The Morgan fingerprint density at radius 1 is 1.25 bits per heavy atom. The molecule has 1 saturated heterocycles. The molecule has 1 atom stereocenters. The van der Waals surface area contributed by atoms with Crippen LogP contribution in [-0.2, 0) is 6.42 Å². The SMILES string of the molecule is Cc1cc(C2CCCCN2CCc2ccccc2)no1. The first kappa shape index (κ1) is 13.4. The van der Waals surface area contributed by atoms with Gasteiger partial charge in [-0.3, -0.25) is 4.90 Å². The average Bonchev–Trinajstić information content (AvgIpc) is 2.93. The molecule has 0 radical (unpaired) electrons. The van der Waals surface area contributed by atoms with Crippen molar-refractivity contribution in [1.82, 2.24) is 10.1 Å². The molecule has 1 aliphatic heterocycles. The molecule has 3 heteroatoms. The maximum absolute atomic E-state index is 5.25. The van der Waals surface area contributed by atoms with Crippen molar-refractivity contribution in [2.24, 2.45) is 0 Å². The Bertz CT molecular complexity index is 535. The van der Waals surface area contributed by atoms with Crippen LogP contribution in [0.15, 0.2) is 40.9 Å². The van der Waals surface area contributed by atoms with Crippen LogP contribution in [0.5, 0.6) is 0 Å². The third-order valence-corrected chi connectivity index (χ3v) is 4.13. The van der Waals surface area contributed by atoms with E-state index in [2.05, 4.69) is 46.5 Å². The van der Waals surface area contributed by atoms with Gasteiger partial charge in [-0.05, 0) is 38.3 Å². The van der Waals surface area contributed by atoms with E-state index in [1.807, 2.05) is 6.92 Å². The van der Waals surface area contributed by atoms with Crippen molar-refractivity contribution >= 4 is 0 Å². The minimum atomic E-state index is 0.435. The first-order valence-electron chi connectivity index (χ1n) is 7.54. The van der Waals surface area contributed by atoms with E-state index in [9.17, 15) is 0 Å². The van der Waals surface area contributed by atoms with Gasteiger partial charge in [0.1, 0.15) is 11.5 Å². The summed E-state index contributed by atoms with van der Waals surface area (Å²) < 4.78 is 5.25. The summed E-state index contributed by atoms with van der Waals surface area (Å²) in [5.41, 5.74) is 2.52. The number of aryl methyl sites for hydroxylation is 1. The molecule has 0 aliphatic carbocycles. The van der Waals surface area contributed by atoms with E-state index in [1.54, 1.807) is 0 Å². The second kappa shape index (κ2) is 6.23. The average molecular weight is 270 g/mol. The summed E-state index contributed by atoms with van der Waals surface area (Å²) in [6.45, 7) is 4.23. The van der Waals surface area contributed by atoms with Crippen molar-refractivity contribution < 1.29 is 4.52 Å². The fraction of sp³-hybridized carbons (Fsp3) is 0.471. The summed E-state index contributed by atoms with van der Waals surface area (Å²) in [5, 5.41) is 4.23. The van der Waals surface area contributed by atoms with Gasteiger partial charge in [0.25, 0.3) is 0 Å². The van der Waals surface area contributed by atoms with E-state index < -0.39 is 0 Å². The van der Waals surface area contributed by atoms with Gasteiger partial charge in [-0.2, -0.15) is 0 Å². The molecule has 3 rings (SSSR count). The van der Waals surface area contributed by atoms with E-state index in [0.29, 0.717) is 6.04 Å². The molecule has 1 aromatic carbocycles. The van der Waals surface area contributed by atoms with Crippen molar-refractivity contribution in [3.05, 3.63) is 53.4 Å². The molecule has 3 nitrogen and oxygen atoms in total. The summed E-state index contributed by atoms with van der Waals surface area (Å²) >= 11 is 0. The molecule has 106 valence electrons. The molecule has 2 aromatic rings. The smallest absolute Gasteiger partial charge is 0.133 e. The minimum Gasteiger partial charge on any atom is -0.361 e. The second-order valence-electron chi connectivity index (χ2n) is 5.65. The predicted octanol–water partition coefficient (Wildman–Crippen LogP) is 3.75. The maximum Gasteiger partial charge on any atom is 0.133 e. The van der Waals surface area contributed by atoms with Gasteiger partial charge < -0.3 is 4.52 Å². The highest BCUT2D eigenvalue weighted by Gasteiger charge is 2.25. The Labute approximate surface area is 120 Å². The number of benzene rings is 1. The highest BCUT2D eigenvalue weighted by Crippen LogP contribution is 2.30. The van der Waals surface area contributed by atoms with E-state index in [1.165, 1.54) is 31.4 Å². The van der Waals surface area contributed by atoms with Gasteiger partial charge >= 0.3 is 0 Å². The lowest BCUT2D eigenvalue weighted by Crippen LogP contribution is -2.35. The topological polar surface area (TPSA) is 29.3 Å². The third-order valence-electron chi connectivity index (χ3n) is 4.13. The molecule has 1 fully saturated rings. The van der Waals surface area contributed by atoms with Gasteiger partial charge in [-0.1, -0.05) is 41.9 Å². The van der Waals surface area contributed by atoms with Crippen LogP contribution >= 0.6 is 0 Å². The highest BCUT2D eigenvalue weighted by molar-refractivity contribution is 5.15. The van der Waals surface area contributed by atoms with Crippen molar-refractivity contribution in [1.29, 1.82) is 0 Å². The Morgan fingerprint density at radius 2 is 2.10 bits per heavy atom. The summed E-state index contributed by atoms with van der Waals surface area (Å²) in [4.78, 5) is 2.56. The molecular weight excluding hydrogens is 248 g/mol. The Morgan fingerprint density at radius 3 is 2.85 bits per heavy atom. The summed E-state index contributed by atoms with van der Waals surface area (Å²) in [6.07, 6.45) is 4.88. The van der Waals surface area contributed by atoms with Crippen LogP contribution in [0.1, 0.15) is 42.3 Å². The molecule has 0 spiro atoms. The molecule has 1 aromatic heterocycles. The first-order valence-corrected chi connectivity index (χ1v) is 7.54. The number of aromatic nitrogens is 1. The molecule has 20 heavy (non-hydrogen) atoms. The van der Waals surface area contributed by atoms with Crippen molar-refractivity contribution in [2.75, 3.05) is 13.1 Å². The van der Waals surface area contributed by atoms with E-state index >= 15 is 0 Å². The van der Waals surface area contributed by atoms with Crippen LogP contribution in [0, 0.1) is 6.92 Å². The molecule has 0 N–H and O–H groups in total. The zero-order valence-corrected chi connectivity index (χ0v) is 12.1. The highest BCUT2D eigenvalue weighted by atomic mass is 16.5. The molecule has 0 bridgehead atoms. The van der Waals surface area contributed by atoms with Gasteiger partial charge in [-0.25, -0.2) is 0 Å². The summed E-state index contributed by atoms with van der Waals surface area (Å²) in [6, 6.07) is 13.2. The van der Waals surface area contributed by atoms with Crippen LogP contribution < -0.4 is 0 Å². The number of piperidine rings is 1. The van der Waals surface area contributed by atoms with Crippen molar-refractivity contribution in [2.45, 2.75) is 38.6 Å². The molecule has 2 heterocycles. The number of rotatable bonds is 4. The maximum atomic E-state index is 5.25. The Hall–Kier alpha value is -1.61. The van der Waals surface area contributed by atoms with Crippen LogP contribution in [-0.4, -0.2) is 23.1 Å². The quantitative estimate of drug-likeness (QED) is 0.847. The van der Waals surface area contributed by atoms with Crippen LogP contribution in [0.3, 0.4) is 0 Å². The standard InChI is InChI=1S/C17H22N2O/c1-14-13-16(18-20-14)17-9-5-6-11-19(17)12-10-15-7-3-2-4-8-15/h2-4,7-8,13,17H,5-6,9-12H2,1H3. The second-order valence-corrected chi connectivity index (χ2v) is 5.65. The monoisotopic (exact) mass is 270 g/mol. The van der Waals surface area contributed by atoms with Crippen LogP contribution in [0.4, 0.5) is 0 Å². The van der Waals surface area contributed by atoms with Crippen molar-refractivity contribution in [3.8, 4) is 0 Å². The summed E-state index contributed by atoms with van der Waals surface area (Å²) in [5.74, 6) is 0.911. The van der Waals surface area contributed by atoms with Crippen molar-refractivity contribution in [3.63, 3.8) is 0 Å². The normalized spacial score (nSPS) is 20.1. The molecular formula is C17H22N2O. The zero-order valence-electron chi connectivity index (χ0n) is 12.1. The fourth-order valence-corrected chi connectivity index (χ4v) is 3.05. The molecule has 1 unspecified atom stereocenters. The zero-order chi connectivity index (χ0) is 13.8. The lowest BCUT2D eigenvalue weighted by atomic mass is 9.98. The fourth-order valence-electron chi connectivity index (χ4n) is 3.05. The van der Waals surface area contributed by atoms with E-state index in [4.69, 9.17) is 4.52 Å². The minimum absolute atomic E-state index is 0.435. The summed E-state index contributed by atoms with van der Waals surface area (Å²) in [7, 11) is 0. The predicted molar refractivity (Wildman–Crippen MR) is 79.6 cm³/mol. The lowest BCUT2D eigenvalue weighted by molar-refractivity contribution is 0.143. The van der Waals surface area contributed by atoms with E-state index in [-0.39, 0.29) is 0 Å². The van der Waals surface area contributed by atoms with Crippen LogP contribution in [0.2, 0.25) is 0 Å². The van der Waals surface area contributed by atoms with Gasteiger partial charge in [0.05, 0.1) is 6.04 Å². The Balaban J connectivity index is 1.66. The third kappa shape index (κ3) is 3.10. The first-order chi connectivity index (χ1) is 9.83. The number of hydrogen-bond acceptors (Lipinski definition) is 3. The van der Waals surface area contributed by atoms with Gasteiger partial charge in [0, 0.05) is 12.6 Å². The molecule has 1 aliphatic rings. The van der Waals surface area contributed by atoms with Crippen LogP contribution in [0.25, 0.3) is 0 Å².